The van der Waals surface area contributed by atoms with E-state index in [1.165, 1.54) is 6.42 Å². The van der Waals surface area contributed by atoms with Gasteiger partial charge in [-0.05, 0) is 25.7 Å². The zero-order chi connectivity index (χ0) is 13.4. The summed E-state index contributed by atoms with van der Waals surface area (Å²) in [5.41, 5.74) is 0.263. The molecule has 2 fully saturated rings. The third-order valence-corrected chi connectivity index (χ3v) is 4.85. The minimum absolute atomic E-state index is 0.263. The van der Waals surface area contributed by atoms with Crippen LogP contribution in [0.2, 0.25) is 0 Å². The first kappa shape index (κ1) is 15.1. The van der Waals surface area contributed by atoms with Crippen LogP contribution in [0.4, 0.5) is 0 Å². The number of ether oxygens (including phenoxy) is 2. The number of nitrogens with one attached hydrogen (secondary N) is 1. The maximum atomic E-state index is 5.54. The lowest BCUT2D eigenvalue weighted by molar-refractivity contribution is 0.0555. The van der Waals surface area contributed by atoms with Crippen molar-refractivity contribution in [2.45, 2.75) is 44.6 Å². The normalized spacial score (nSPS) is 23.9. The molecule has 5 heteroatoms. The molecule has 2 rings (SSSR count). The molecule has 19 heavy (non-hydrogen) atoms. The van der Waals surface area contributed by atoms with E-state index in [0.717, 1.165) is 69.6 Å². The average Bonchev–Trinajstić information content (AvgIpc) is 2.81. The molecule has 2 saturated heterocycles. The molecule has 4 nitrogen and oxygen atoms in total. The molecule has 0 amide bonds. The van der Waals surface area contributed by atoms with E-state index in [9.17, 15) is 0 Å². The largest absolute Gasteiger partial charge is 0.381 e. The van der Waals surface area contributed by atoms with Crippen LogP contribution in [-0.4, -0.2) is 49.4 Å². The highest BCUT2D eigenvalue weighted by Crippen LogP contribution is 2.31. The third kappa shape index (κ3) is 4.97. The maximum absolute atomic E-state index is 5.54. The van der Waals surface area contributed by atoms with Gasteiger partial charge in [0.25, 0.3) is 0 Å². The number of thioether (sulfide) groups is 1. The number of hydrogen-bond donors (Lipinski definition) is 1. The Morgan fingerprint density at radius 1 is 1.32 bits per heavy atom. The van der Waals surface area contributed by atoms with E-state index >= 15 is 0 Å². The number of amidine groups is 1. The summed E-state index contributed by atoms with van der Waals surface area (Å²) in [4.78, 5) is 4.64. The van der Waals surface area contributed by atoms with Crippen molar-refractivity contribution in [3.63, 3.8) is 0 Å². The van der Waals surface area contributed by atoms with Gasteiger partial charge in [-0.15, -0.1) is 0 Å². The Labute approximate surface area is 120 Å². The van der Waals surface area contributed by atoms with Gasteiger partial charge >= 0.3 is 0 Å². The lowest BCUT2D eigenvalue weighted by Gasteiger charge is -2.32. The number of aliphatic imine (C=N–C) groups is 1. The summed E-state index contributed by atoms with van der Waals surface area (Å²) in [5, 5.41) is 4.73. The molecule has 2 heterocycles. The lowest BCUT2D eigenvalue weighted by atomic mass is 9.93. The van der Waals surface area contributed by atoms with E-state index in [2.05, 4.69) is 17.2 Å². The van der Waals surface area contributed by atoms with Gasteiger partial charge in [0, 0.05) is 38.7 Å². The number of nitrogens with zero attached hydrogens (tertiary/aromatic N) is 1. The van der Waals surface area contributed by atoms with Gasteiger partial charge in [-0.2, -0.15) is 0 Å². The summed E-state index contributed by atoms with van der Waals surface area (Å²) in [6.45, 7) is 6.54. The fourth-order valence-electron chi connectivity index (χ4n) is 2.32. The molecule has 1 spiro atoms. The van der Waals surface area contributed by atoms with Gasteiger partial charge < -0.3 is 14.8 Å². The molecule has 2 aliphatic rings. The maximum Gasteiger partial charge on any atom is 0.157 e. The topological polar surface area (TPSA) is 42.8 Å². The summed E-state index contributed by atoms with van der Waals surface area (Å²) >= 11 is 1.86. The zero-order valence-corrected chi connectivity index (χ0v) is 12.8. The van der Waals surface area contributed by atoms with E-state index in [0.29, 0.717) is 0 Å². The minimum atomic E-state index is 0.263. The Kier molecular flexibility index (Phi) is 6.47. The molecular formula is C14H26N2O2S. The summed E-state index contributed by atoms with van der Waals surface area (Å²) < 4.78 is 11.0. The van der Waals surface area contributed by atoms with Crippen molar-refractivity contribution in [3.05, 3.63) is 0 Å². The summed E-state index contributed by atoms with van der Waals surface area (Å²) in [7, 11) is 0. The lowest BCUT2D eigenvalue weighted by Crippen LogP contribution is -2.48. The Hall–Kier alpha value is -0.260. The minimum Gasteiger partial charge on any atom is -0.381 e. The Bertz CT molecular complexity index is 291. The smallest absolute Gasteiger partial charge is 0.157 e. The molecule has 1 N–H and O–H groups in total. The SMILES string of the molecule is CCCCOCCCN=C1NC2(CCOCC2)CS1. The van der Waals surface area contributed by atoms with Gasteiger partial charge in [-0.25, -0.2) is 0 Å². The summed E-state index contributed by atoms with van der Waals surface area (Å²) in [6, 6.07) is 0. The van der Waals surface area contributed by atoms with E-state index in [4.69, 9.17) is 9.47 Å². The highest BCUT2D eigenvalue weighted by Gasteiger charge is 2.38. The molecule has 0 aromatic rings. The summed E-state index contributed by atoms with van der Waals surface area (Å²) in [6.07, 6.45) is 5.61. The van der Waals surface area contributed by atoms with Crippen LogP contribution in [0.3, 0.4) is 0 Å². The van der Waals surface area contributed by atoms with E-state index in [-0.39, 0.29) is 5.54 Å². The van der Waals surface area contributed by atoms with Crippen molar-refractivity contribution < 1.29 is 9.47 Å². The second-order valence-corrected chi connectivity index (χ2v) is 6.28. The zero-order valence-electron chi connectivity index (χ0n) is 12.0. The van der Waals surface area contributed by atoms with Crippen LogP contribution in [-0.2, 0) is 9.47 Å². The summed E-state index contributed by atoms with van der Waals surface area (Å²) in [5.74, 6) is 1.14. The predicted molar refractivity (Wildman–Crippen MR) is 81.0 cm³/mol. The van der Waals surface area contributed by atoms with Crippen molar-refractivity contribution >= 4 is 16.9 Å². The second kappa shape index (κ2) is 8.12. The van der Waals surface area contributed by atoms with Crippen LogP contribution in [0.25, 0.3) is 0 Å². The monoisotopic (exact) mass is 286 g/mol. The second-order valence-electron chi connectivity index (χ2n) is 5.31. The van der Waals surface area contributed by atoms with E-state index < -0.39 is 0 Å². The Balaban J connectivity index is 1.59. The van der Waals surface area contributed by atoms with Crippen LogP contribution in [0, 0.1) is 0 Å². The molecule has 0 saturated carbocycles. The van der Waals surface area contributed by atoms with Gasteiger partial charge in [-0.3, -0.25) is 4.99 Å². The van der Waals surface area contributed by atoms with Gasteiger partial charge in [-0.1, -0.05) is 25.1 Å². The van der Waals surface area contributed by atoms with Crippen molar-refractivity contribution in [2.24, 2.45) is 4.99 Å². The Morgan fingerprint density at radius 2 is 2.11 bits per heavy atom. The molecule has 0 aromatic heterocycles. The quantitative estimate of drug-likeness (QED) is 0.730. The first-order valence-corrected chi connectivity index (χ1v) is 8.44. The standard InChI is InChI=1S/C14H26N2O2S/c1-2-3-8-17-9-4-7-15-13-16-14(12-19-13)5-10-18-11-6-14/h2-12H2,1H3,(H,15,16). The first-order chi connectivity index (χ1) is 9.35. The molecule has 0 radical (unpaired) electrons. The molecule has 0 unspecified atom stereocenters. The molecule has 0 aromatic carbocycles. The number of rotatable bonds is 7. The Morgan fingerprint density at radius 3 is 2.89 bits per heavy atom. The average molecular weight is 286 g/mol. The van der Waals surface area contributed by atoms with Crippen LogP contribution >= 0.6 is 11.8 Å². The highest BCUT2D eigenvalue weighted by atomic mass is 32.2. The fourth-order valence-corrected chi connectivity index (χ4v) is 3.56. The van der Waals surface area contributed by atoms with Crippen molar-refractivity contribution in [1.82, 2.24) is 5.32 Å². The van der Waals surface area contributed by atoms with Gasteiger partial charge in [0.2, 0.25) is 0 Å². The van der Waals surface area contributed by atoms with Crippen LogP contribution in [0.15, 0.2) is 4.99 Å². The third-order valence-electron chi connectivity index (χ3n) is 3.65. The number of unbranched alkanes of at least 4 members (excludes halogenated alkanes) is 1. The molecule has 2 aliphatic heterocycles. The van der Waals surface area contributed by atoms with Crippen molar-refractivity contribution in [2.75, 3.05) is 38.7 Å². The van der Waals surface area contributed by atoms with Crippen molar-refractivity contribution in [3.8, 4) is 0 Å². The first-order valence-electron chi connectivity index (χ1n) is 7.46. The van der Waals surface area contributed by atoms with Crippen LogP contribution < -0.4 is 5.32 Å². The van der Waals surface area contributed by atoms with Crippen LogP contribution in [0.1, 0.15) is 39.0 Å². The van der Waals surface area contributed by atoms with E-state index in [1.54, 1.807) is 0 Å². The molecule has 0 atom stereocenters. The van der Waals surface area contributed by atoms with Gasteiger partial charge in [0.1, 0.15) is 0 Å². The van der Waals surface area contributed by atoms with Gasteiger partial charge in [0.05, 0.1) is 5.54 Å². The highest BCUT2D eigenvalue weighted by molar-refractivity contribution is 8.14. The molecular weight excluding hydrogens is 260 g/mol. The van der Waals surface area contributed by atoms with E-state index in [1.807, 2.05) is 11.8 Å². The van der Waals surface area contributed by atoms with Gasteiger partial charge in [0.15, 0.2) is 5.17 Å². The van der Waals surface area contributed by atoms with Crippen molar-refractivity contribution in [1.29, 1.82) is 0 Å². The number of hydrogen-bond acceptors (Lipinski definition) is 4. The fraction of sp³-hybridized carbons (Fsp3) is 0.929. The molecule has 0 aliphatic carbocycles. The predicted octanol–water partition coefficient (Wildman–Crippen LogP) is 2.43. The molecule has 0 bridgehead atoms. The molecule has 110 valence electrons. The van der Waals surface area contributed by atoms with Crippen LogP contribution in [0.5, 0.6) is 0 Å².